The van der Waals surface area contributed by atoms with Crippen molar-refractivity contribution in [1.82, 2.24) is 9.97 Å². The number of hydrogen-bond acceptors (Lipinski definition) is 5. The third-order valence-corrected chi connectivity index (χ3v) is 5.85. The number of para-hydroxylation sites is 1. The Hall–Kier alpha value is -3.06. The van der Waals surface area contributed by atoms with Gasteiger partial charge >= 0.3 is 0 Å². The highest BCUT2D eigenvalue weighted by Crippen LogP contribution is 2.35. The van der Waals surface area contributed by atoms with Crippen molar-refractivity contribution in [3.63, 3.8) is 0 Å². The highest BCUT2D eigenvalue weighted by molar-refractivity contribution is 7.14. The molecule has 0 spiro atoms. The van der Waals surface area contributed by atoms with Crippen LogP contribution in [0.4, 0.5) is 5.13 Å². The monoisotopic (exact) mass is 452 g/mol. The number of fused-ring (bicyclic) bond motifs is 1. The summed E-state index contributed by atoms with van der Waals surface area (Å²) < 4.78 is 5.95. The molecule has 0 atom stereocenters. The second-order valence-electron chi connectivity index (χ2n) is 6.49. The number of furan rings is 1. The Labute approximate surface area is 186 Å². The number of hydrazone groups is 1. The van der Waals surface area contributed by atoms with Crippen LogP contribution < -0.4 is 5.43 Å². The maximum absolute atomic E-state index is 6.27. The first-order chi connectivity index (χ1) is 14.7. The number of nitrogens with zero attached hydrogens (tertiary/aromatic N) is 2. The first-order valence-corrected chi connectivity index (χ1v) is 10.7. The van der Waals surface area contributed by atoms with Crippen molar-refractivity contribution in [2.75, 3.05) is 5.43 Å². The normalized spacial score (nSPS) is 11.5. The molecule has 3 aromatic heterocycles. The van der Waals surface area contributed by atoms with Crippen LogP contribution in [0.5, 0.6) is 0 Å². The number of rotatable bonds is 5. The second-order valence-corrected chi connectivity index (χ2v) is 8.19. The van der Waals surface area contributed by atoms with Gasteiger partial charge < -0.3 is 9.40 Å². The van der Waals surface area contributed by atoms with Crippen molar-refractivity contribution in [3.8, 4) is 22.8 Å². The number of nitrogens with one attached hydrogen (secondary N) is 2. The van der Waals surface area contributed by atoms with Gasteiger partial charge in [-0.25, -0.2) is 4.98 Å². The van der Waals surface area contributed by atoms with E-state index in [9.17, 15) is 0 Å². The number of halogens is 2. The number of benzene rings is 2. The van der Waals surface area contributed by atoms with E-state index in [0.29, 0.717) is 32.4 Å². The van der Waals surface area contributed by atoms with Crippen molar-refractivity contribution in [2.45, 2.75) is 0 Å². The van der Waals surface area contributed by atoms with E-state index >= 15 is 0 Å². The lowest BCUT2D eigenvalue weighted by Crippen LogP contribution is -1.89. The SMILES string of the molecule is Clc1ccc(Cl)c(-c2ccc(-c3csc(N/N=C/c4c[nH]c5ccccc45)n3)o2)c1. The molecule has 5 nitrogen and oxygen atoms in total. The van der Waals surface area contributed by atoms with Crippen molar-refractivity contribution in [1.29, 1.82) is 0 Å². The molecule has 148 valence electrons. The average Bonchev–Trinajstić information content (AvgIpc) is 3.49. The van der Waals surface area contributed by atoms with Crippen LogP contribution in [0.2, 0.25) is 10.0 Å². The summed E-state index contributed by atoms with van der Waals surface area (Å²) in [7, 11) is 0. The Morgan fingerprint density at radius 1 is 1.07 bits per heavy atom. The zero-order valence-corrected chi connectivity index (χ0v) is 17.7. The summed E-state index contributed by atoms with van der Waals surface area (Å²) in [5.74, 6) is 1.28. The van der Waals surface area contributed by atoms with Crippen LogP contribution >= 0.6 is 34.5 Å². The zero-order chi connectivity index (χ0) is 20.5. The molecule has 30 heavy (non-hydrogen) atoms. The number of thiazole rings is 1. The minimum Gasteiger partial charge on any atom is -0.454 e. The van der Waals surface area contributed by atoms with Crippen LogP contribution in [0.25, 0.3) is 33.7 Å². The third kappa shape index (κ3) is 3.73. The molecule has 2 N–H and O–H groups in total. The van der Waals surface area contributed by atoms with Crippen LogP contribution in [0.3, 0.4) is 0 Å². The van der Waals surface area contributed by atoms with Crippen molar-refractivity contribution in [3.05, 3.63) is 81.8 Å². The summed E-state index contributed by atoms with van der Waals surface area (Å²) in [5, 5.41) is 9.17. The van der Waals surface area contributed by atoms with Crippen LogP contribution in [0, 0.1) is 0 Å². The predicted octanol–water partition coefficient (Wildman–Crippen LogP) is 7.30. The van der Waals surface area contributed by atoms with Gasteiger partial charge in [-0.05, 0) is 36.4 Å². The summed E-state index contributed by atoms with van der Waals surface area (Å²) in [6.45, 7) is 0. The van der Waals surface area contributed by atoms with E-state index in [0.717, 1.165) is 22.0 Å². The molecule has 0 saturated carbocycles. The van der Waals surface area contributed by atoms with Gasteiger partial charge in [0.2, 0.25) is 5.13 Å². The molecule has 0 fully saturated rings. The standard InChI is InChI=1S/C22H14Cl2N4OS/c23-14-5-6-17(24)16(9-14)20-7-8-21(29-20)19-12-30-22(27-19)28-26-11-13-10-25-18-4-2-1-3-15(13)18/h1-12,25H,(H,27,28)/b26-11+. The maximum Gasteiger partial charge on any atom is 0.203 e. The van der Waals surface area contributed by atoms with E-state index in [4.69, 9.17) is 27.6 Å². The van der Waals surface area contributed by atoms with E-state index in [1.54, 1.807) is 24.4 Å². The highest BCUT2D eigenvalue weighted by Gasteiger charge is 2.13. The lowest BCUT2D eigenvalue weighted by atomic mass is 10.2. The van der Waals surface area contributed by atoms with Crippen LogP contribution in [-0.2, 0) is 0 Å². The minimum absolute atomic E-state index is 0.576. The number of aromatic nitrogens is 2. The molecule has 0 unspecified atom stereocenters. The molecule has 3 heterocycles. The van der Waals surface area contributed by atoms with Gasteiger partial charge in [-0.2, -0.15) is 5.10 Å². The summed E-state index contributed by atoms with van der Waals surface area (Å²) in [6, 6.07) is 17.1. The van der Waals surface area contributed by atoms with E-state index in [1.807, 2.05) is 41.9 Å². The smallest absolute Gasteiger partial charge is 0.203 e. The van der Waals surface area contributed by atoms with Gasteiger partial charge in [0, 0.05) is 38.6 Å². The van der Waals surface area contributed by atoms with Crippen LogP contribution in [0.1, 0.15) is 5.56 Å². The topological polar surface area (TPSA) is 66.2 Å². The third-order valence-electron chi connectivity index (χ3n) is 4.54. The fourth-order valence-corrected chi connectivity index (χ4v) is 4.13. The molecule has 0 aliphatic heterocycles. The van der Waals surface area contributed by atoms with Gasteiger partial charge in [0.15, 0.2) is 5.76 Å². The summed E-state index contributed by atoms with van der Waals surface area (Å²) in [6.07, 6.45) is 3.69. The zero-order valence-electron chi connectivity index (χ0n) is 15.4. The number of aromatic amines is 1. The first kappa shape index (κ1) is 18.9. The summed E-state index contributed by atoms with van der Waals surface area (Å²) in [4.78, 5) is 7.77. The quantitative estimate of drug-likeness (QED) is 0.217. The van der Waals surface area contributed by atoms with E-state index in [2.05, 4.69) is 26.6 Å². The Bertz CT molecular complexity index is 1370. The van der Waals surface area contributed by atoms with Gasteiger partial charge in [0.05, 0.1) is 11.2 Å². The van der Waals surface area contributed by atoms with Crippen LogP contribution in [0.15, 0.2) is 75.7 Å². The molecule has 8 heteroatoms. The van der Waals surface area contributed by atoms with Gasteiger partial charge in [-0.1, -0.05) is 41.4 Å². The van der Waals surface area contributed by atoms with E-state index in [1.165, 1.54) is 11.3 Å². The summed E-state index contributed by atoms with van der Waals surface area (Å²) >= 11 is 13.8. The largest absolute Gasteiger partial charge is 0.454 e. The van der Waals surface area contributed by atoms with Crippen molar-refractivity contribution in [2.24, 2.45) is 5.10 Å². The Kier molecular flexibility index (Phi) is 5.04. The minimum atomic E-state index is 0.576. The molecule has 2 aromatic carbocycles. The second kappa shape index (κ2) is 7.99. The lowest BCUT2D eigenvalue weighted by molar-refractivity contribution is 0.595. The molecule has 5 aromatic rings. The number of hydrogen-bond donors (Lipinski definition) is 2. The molecular formula is C22H14Cl2N4OS. The fourth-order valence-electron chi connectivity index (χ4n) is 3.10. The average molecular weight is 453 g/mol. The van der Waals surface area contributed by atoms with Gasteiger partial charge in [0.1, 0.15) is 11.5 Å². The summed E-state index contributed by atoms with van der Waals surface area (Å²) in [5.41, 5.74) is 6.51. The lowest BCUT2D eigenvalue weighted by Gasteiger charge is -2.01. The Morgan fingerprint density at radius 3 is 2.87 bits per heavy atom. The molecule has 5 rings (SSSR count). The van der Waals surface area contributed by atoms with Gasteiger partial charge in [0.25, 0.3) is 0 Å². The Balaban J connectivity index is 1.32. The van der Waals surface area contributed by atoms with Crippen molar-refractivity contribution < 1.29 is 4.42 Å². The molecule has 0 saturated heterocycles. The number of H-pyrrole nitrogens is 1. The predicted molar refractivity (Wildman–Crippen MR) is 125 cm³/mol. The highest BCUT2D eigenvalue weighted by atomic mass is 35.5. The Morgan fingerprint density at radius 2 is 1.93 bits per heavy atom. The molecule has 0 bridgehead atoms. The van der Waals surface area contributed by atoms with Gasteiger partial charge in [-0.15, -0.1) is 11.3 Å². The molecule has 0 amide bonds. The van der Waals surface area contributed by atoms with Gasteiger partial charge in [-0.3, -0.25) is 5.43 Å². The van der Waals surface area contributed by atoms with Crippen molar-refractivity contribution >= 4 is 56.8 Å². The first-order valence-electron chi connectivity index (χ1n) is 9.04. The fraction of sp³-hybridized carbons (Fsp3) is 0. The maximum atomic E-state index is 6.27. The molecule has 0 radical (unpaired) electrons. The van der Waals surface area contributed by atoms with E-state index in [-0.39, 0.29) is 0 Å². The molecule has 0 aliphatic carbocycles. The number of anilines is 1. The van der Waals surface area contributed by atoms with Crippen LogP contribution in [-0.4, -0.2) is 16.2 Å². The molecular weight excluding hydrogens is 439 g/mol. The van der Waals surface area contributed by atoms with E-state index < -0.39 is 0 Å². The molecule has 0 aliphatic rings.